The molecular formula is C31H38N4O3. The molecule has 3 N–H and O–H groups in total. The number of methoxy groups -OCH3 is 1. The number of amides is 1. The molecule has 1 atom stereocenters. The van der Waals surface area contributed by atoms with E-state index in [1.54, 1.807) is 19.4 Å². The summed E-state index contributed by atoms with van der Waals surface area (Å²) in [5.41, 5.74) is 12.0. The van der Waals surface area contributed by atoms with E-state index in [-0.39, 0.29) is 17.7 Å². The minimum Gasteiger partial charge on any atom is -0.504 e. The zero-order chi connectivity index (χ0) is 27.1. The Kier molecular flexibility index (Phi) is 9.02. The zero-order valence-corrected chi connectivity index (χ0v) is 22.6. The highest BCUT2D eigenvalue weighted by Crippen LogP contribution is 2.40. The Morgan fingerprint density at radius 2 is 1.97 bits per heavy atom. The smallest absolute Gasteiger partial charge is 0.253 e. The lowest BCUT2D eigenvalue weighted by atomic mass is 9.87. The summed E-state index contributed by atoms with van der Waals surface area (Å²) in [4.78, 5) is 21.4. The predicted molar refractivity (Wildman–Crippen MR) is 153 cm³/mol. The van der Waals surface area contributed by atoms with Crippen molar-refractivity contribution in [1.82, 2.24) is 9.80 Å². The van der Waals surface area contributed by atoms with Crippen molar-refractivity contribution in [3.8, 4) is 11.5 Å². The van der Waals surface area contributed by atoms with Crippen LogP contribution in [-0.4, -0.2) is 60.3 Å². The van der Waals surface area contributed by atoms with E-state index in [0.717, 1.165) is 48.1 Å². The summed E-state index contributed by atoms with van der Waals surface area (Å²) in [5, 5.41) is 10.6. The number of hydrogen-bond donors (Lipinski definition) is 2. The van der Waals surface area contributed by atoms with Gasteiger partial charge in [0.05, 0.1) is 13.2 Å². The fraction of sp³-hybridized carbons (Fsp3) is 0.355. The van der Waals surface area contributed by atoms with E-state index < -0.39 is 0 Å². The van der Waals surface area contributed by atoms with Gasteiger partial charge in [-0.1, -0.05) is 30.4 Å². The first-order valence-electron chi connectivity index (χ1n) is 13.3. The number of ether oxygens (including phenoxy) is 1. The van der Waals surface area contributed by atoms with Crippen LogP contribution in [0, 0.1) is 0 Å². The lowest BCUT2D eigenvalue weighted by Crippen LogP contribution is -2.38. The molecule has 1 aliphatic carbocycles. The van der Waals surface area contributed by atoms with Crippen molar-refractivity contribution in [3.05, 3.63) is 94.4 Å². The number of benzene rings is 2. The molecule has 1 heterocycles. The monoisotopic (exact) mass is 514 g/mol. The first-order valence-corrected chi connectivity index (χ1v) is 13.3. The molecular weight excluding hydrogens is 476 g/mol. The van der Waals surface area contributed by atoms with Crippen LogP contribution in [0.2, 0.25) is 0 Å². The second-order valence-corrected chi connectivity index (χ2v) is 9.61. The fourth-order valence-corrected chi connectivity index (χ4v) is 5.14. The van der Waals surface area contributed by atoms with Gasteiger partial charge in [0.1, 0.15) is 0 Å². The highest BCUT2D eigenvalue weighted by atomic mass is 16.5. The van der Waals surface area contributed by atoms with Gasteiger partial charge in [0, 0.05) is 49.9 Å². The minimum atomic E-state index is -0.145. The molecule has 7 nitrogen and oxygen atoms in total. The summed E-state index contributed by atoms with van der Waals surface area (Å²) >= 11 is 0. The molecule has 4 rings (SSSR count). The van der Waals surface area contributed by atoms with Gasteiger partial charge in [-0.2, -0.15) is 0 Å². The Balaban J connectivity index is 1.63. The number of allylic oxidation sites excluding steroid dienone is 4. The van der Waals surface area contributed by atoms with Crippen molar-refractivity contribution >= 4 is 12.1 Å². The zero-order valence-electron chi connectivity index (χ0n) is 22.6. The summed E-state index contributed by atoms with van der Waals surface area (Å²) in [6, 6.07) is 11.4. The standard InChI is InChI=1S/C31H38N4O3/c1-4-34(5-2)31(37)24-13-11-23(12-14-24)30-27-18-28(36)29(38-3)17-25(27)15-16-35(30)21-26(32)20-33-19-22-9-7-6-8-10-22/h7,9-14,17-20,30,36H,4-6,8,15-16,21,32H2,1-3H3/b26-20-,33-19?. The van der Waals surface area contributed by atoms with Gasteiger partial charge >= 0.3 is 0 Å². The summed E-state index contributed by atoms with van der Waals surface area (Å²) in [5.74, 6) is 0.599. The highest BCUT2D eigenvalue weighted by molar-refractivity contribution is 5.94. The van der Waals surface area contributed by atoms with Crippen LogP contribution in [0.3, 0.4) is 0 Å². The van der Waals surface area contributed by atoms with E-state index in [1.807, 2.05) is 55.3 Å². The normalized spacial score (nSPS) is 17.8. The number of nitrogens with zero attached hydrogens (tertiary/aromatic N) is 3. The number of nitrogens with two attached hydrogens (primary N) is 1. The van der Waals surface area contributed by atoms with Gasteiger partial charge < -0.3 is 20.5 Å². The van der Waals surface area contributed by atoms with Crippen molar-refractivity contribution in [2.75, 3.05) is 33.3 Å². The molecule has 0 saturated heterocycles. The number of hydrogen-bond acceptors (Lipinski definition) is 6. The van der Waals surface area contributed by atoms with Crippen LogP contribution >= 0.6 is 0 Å². The lowest BCUT2D eigenvalue weighted by Gasteiger charge is -2.38. The van der Waals surface area contributed by atoms with Crippen LogP contribution in [0.25, 0.3) is 0 Å². The molecule has 1 amide bonds. The van der Waals surface area contributed by atoms with Gasteiger partial charge in [-0.05, 0) is 79.6 Å². The van der Waals surface area contributed by atoms with Gasteiger partial charge in [-0.15, -0.1) is 0 Å². The van der Waals surface area contributed by atoms with E-state index in [0.29, 0.717) is 36.6 Å². The molecule has 0 saturated carbocycles. The number of aliphatic imine (C=N–C) groups is 1. The molecule has 2 aromatic carbocycles. The number of aromatic hydroxyl groups is 1. The Hall–Kier alpha value is -3.84. The van der Waals surface area contributed by atoms with Crippen LogP contribution in [0.5, 0.6) is 11.5 Å². The quantitative estimate of drug-likeness (QED) is 0.461. The van der Waals surface area contributed by atoms with Crippen LogP contribution < -0.4 is 10.5 Å². The van der Waals surface area contributed by atoms with Gasteiger partial charge in [-0.25, -0.2) is 0 Å². The molecule has 200 valence electrons. The third-order valence-electron chi connectivity index (χ3n) is 7.17. The summed E-state index contributed by atoms with van der Waals surface area (Å²) in [6.45, 7) is 6.60. The molecule has 2 aromatic rings. The Bertz CT molecular complexity index is 1260. The lowest BCUT2D eigenvalue weighted by molar-refractivity contribution is 0.0773. The van der Waals surface area contributed by atoms with Gasteiger partial charge in [0.15, 0.2) is 11.5 Å². The summed E-state index contributed by atoms with van der Waals surface area (Å²) in [7, 11) is 1.56. The Morgan fingerprint density at radius 3 is 2.63 bits per heavy atom. The number of rotatable bonds is 9. The largest absolute Gasteiger partial charge is 0.504 e. The average Bonchev–Trinajstić information content (AvgIpc) is 2.94. The third kappa shape index (κ3) is 6.17. The average molecular weight is 515 g/mol. The minimum absolute atomic E-state index is 0.0257. The molecule has 7 heteroatoms. The van der Waals surface area contributed by atoms with Crippen LogP contribution in [0.4, 0.5) is 0 Å². The van der Waals surface area contributed by atoms with Crippen molar-refractivity contribution < 1.29 is 14.6 Å². The van der Waals surface area contributed by atoms with Gasteiger partial charge in [0.25, 0.3) is 5.91 Å². The number of phenolic OH excluding ortho intramolecular Hbond substituents is 1. The molecule has 0 spiro atoms. The van der Waals surface area contributed by atoms with Gasteiger partial charge in [0.2, 0.25) is 0 Å². The molecule has 1 aliphatic heterocycles. The molecule has 38 heavy (non-hydrogen) atoms. The topological polar surface area (TPSA) is 91.4 Å². The molecule has 0 radical (unpaired) electrons. The maximum absolute atomic E-state index is 12.9. The van der Waals surface area contributed by atoms with Gasteiger partial charge in [-0.3, -0.25) is 14.7 Å². The maximum Gasteiger partial charge on any atom is 0.253 e. The predicted octanol–water partition coefficient (Wildman–Crippen LogP) is 4.98. The first-order chi connectivity index (χ1) is 18.4. The van der Waals surface area contributed by atoms with E-state index in [9.17, 15) is 9.90 Å². The fourth-order valence-electron chi connectivity index (χ4n) is 5.14. The van der Waals surface area contributed by atoms with E-state index in [4.69, 9.17) is 10.5 Å². The maximum atomic E-state index is 12.9. The molecule has 0 bridgehead atoms. The highest BCUT2D eigenvalue weighted by Gasteiger charge is 2.30. The first kappa shape index (κ1) is 27.2. The van der Waals surface area contributed by atoms with E-state index in [2.05, 4.69) is 28.1 Å². The number of carbonyl (C=O) groups excluding carboxylic acids is 1. The van der Waals surface area contributed by atoms with Crippen LogP contribution in [0.15, 0.2) is 77.1 Å². The summed E-state index contributed by atoms with van der Waals surface area (Å²) in [6.07, 6.45) is 12.8. The molecule has 1 unspecified atom stereocenters. The molecule has 2 aliphatic rings. The number of carbonyl (C=O) groups is 1. The van der Waals surface area contributed by atoms with E-state index in [1.165, 1.54) is 0 Å². The number of phenols is 1. The number of fused-ring (bicyclic) bond motifs is 1. The van der Waals surface area contributed by atoms with E-state index >= 15 is 0 Å². The SMILES string of the molecule is CCN(CC)C(=O)c1ccc(C2c3cc(O)c(OC)cc3CCN2C/C(N)=C/N=CC2=CCCC=C2)cc1. The Labute approximate surface area is 225 Å². The molecule has 0 fully saturated rings. The van der Waals surface area contributed by atoms with Crippen LogP contribution in [0.1, 0.15) is 59.8 Å². The second kappa shape index (κ2) is 12.6. The van der Waals surface area contributed by atoms with Crippen molar-refractivity contribution in [2.24, 2.45) is 10.7 Å². The Morgan fingerprint density at radius 1 is 1.21 bits per heavy atom. The summed E-state index contributed by atoms with van der Waals surface area (Å²) < 4.78 is 5.36. The van der Waals surface area contributed by atoms with Crippen molar-refractivity contribution in [2.45, 2.75) is 39.2 Å². The third-order valence-corrected chi connectivity index (χ3v) is 7.17. The second-order valence-electron chi connectivity index (χ2n) is 9.61. The van der Waals surface area contributed by atoms with Crippen molar-refractivity contribution in [1.29, 1.82) is 0 Å². The van der Waals surface area contributed by atoms with Crippen LogP contribution in [-0.2, 0) is 6.42 Å². The van der Waals surface area contributed by atoms with Crippen molar-refractivity contribution in [3.63, 3.8) is 0 Å². The molecule has 0 aromatic heterocycles.